The predicted molar refractivity (Wildman–Crippen MR) is 74.4 cm³/mol. The highest BCUT2D eigenvalue weighted by molar-refractivity contribution is 5.52. The number of hydrogen-bond acceptors (Lipinski definition) is 2. The third-order valence-electron chi connectivity index (χ3n) is 3.41. The maximum atomic E-state index is 14.2. The summed E-state index contributed by atoms with van der Waals surface area (Å²) < 4.78 is 28.3. The molecule has 1 aliphatic carbocycles. The Bertz CT molecular complexity index is 419. The second kappa shape index (κ2) is 5.87. The second-order valence-electron chi connectivity index (χ2n) is 5.46. The number of benzene rings is 1. The molecule has 0 unspecified atom stereocenters. The van der Waals surface area contributed by atoms with E-state index in [1.807, 2.05) is 25.7 Å². The van der Waals surface area contributed by atoms with Crippen molar-refractivity contribution in [2.45, 2.75) is 52.2 Å². The van der Waals surface area contributed by atoms with Crippen molar-refractivity contribution in [1.82, 2.24) is 5.32 Å². The average Bonchev–Trinajstić information content (AvgIpc) is 3.15. The number of nitrogens with one attached hydrogen (secondary N) is 1. The molecule has 0 saturated heterocycles. The van der Waals surface area contributed by atoms with Gasteiger partial charge in [-0.3, -0.25) is 0 Å². The molecule has 0 atom stereocenters. The second-order valence-corrected chi connectivity index (χ2v) is 5.46. The van der Waals surface area contributed by atoms with Crippen LogP contribution >= 0.6 is 0 Å². The van der Waals surface area contributed by atoms with Crippen molar-refractivity contribution in [1.29, 1.82) is 0 Å². The van der Waals surface area contributed by atoms with Gasteiger partial charge < -0.3 is 10.2 Å². The first-order chi connectivity index (χ1) is 9.02. The maximum Gasteiger partial charge on any atom is 0.149 e. The number of rotatable bonds is 6. The van der Waals surface area contributed by atoms with E-state index in [2.05, 4.69) is 5.32 Å². The van der Waals surface area contributed by atoms with Crippen molar-refractivity contribution in [3.05, 3.63) is 29.3 Å². The van der Waals surface area contributed by atoms with E-state index in [0.717, 1.165) is 12.8 Å². The average molecular weight is 268 g/mol. The van der Waals surface area contributed by atoms with Crippen LogP contribution in [0.5, 0.6) is 0 Å². The molecule has 2 rings (SSSR count). The first kappa shape index (κ1) is 14.3. The zero-order valence-electron chi connectivity index (χ0n) is 11.8. The van der Waals surface area contributed by atoms with Crippen molar-refractivity contribution in [2.75, 3.05) is 11.4 Å². The van der Waals surface area contributed by atoms with Gasteiger partial charge in [0.15, 0.2) is 0 Å². The molecule has 0 bridgehead atoms. The summed E-state index contributed by atoms with van der Waals surface area (Å²) in [5, 5.41) is 3.17. The molecule has 1 aliphatic rings. The van der Waals surface area contributed by atoms with Gasteiger partial charge in [0.2, 0.25) is 0 Å². The molecule has 0 radical (unpaired) electrons. The Morgan fingerprint density at radius 2 is 1.84 bits per heavy atom. The first-order valence-electron chi connectivity index (χ1n) is 7.00. The summed E-state index contributed by atoms with van der Waals surface area (Å²) in [4.78, 5) is 1.84. The summed E-state index contributed by atoms with van der Waals surface area (Å²) in [6, 6.07) is 3.50. The Labute approximate surface area is 113 Å². The number of hydrogen-bond donors (Lipinski definition) is 1. The van der Waals surface area contributed by atoms with Gasteiger partial charge in [-0.2, -0.15) is 0 Å². The van der Waals surface area contributed by atoms with Crippen LogP contribution < -0.4 is 10.2 Å². The molecule has 1 fully saturated rings. The van der Waals surface area contributed by atoms with Gasteiger partial charge in [0.25, 0.3) is 0 Å². The molecule has 0 spiro atoms. The van der Waals surface area contributed by atoms with Crippen molar-refractivity contribution >= 4 is 5.69 Å². The predicted octanol–water partition coefficient (Wildman–Crippen LogP) is 3.45. The highest BCUT2D eigenvalue weighted by Gasteiger charge is 2.31. The standard InChI is InChI=1S/C15H22F2N2/c1-4-19(12-5-6-12)15-13(16)7-11(8-14(15)17)9-18-10(2)3/h7-8,10,12,18H,4-6,9H2,1-3H3. The lowest BCUT2D eigenvalue weighted by Gasteiger charge is -2.24. The minimum atomic E-state index is -0.450. The lowest BCUT2D eigenvalue weighted by Crippen LogP contribution is -2.27. The van der Waals surface area contributed by atoms with Gasteiger partial charge in [-0.25, -0.2) is 8.78 Å². The third-order valence-corrected chi connectivity index (χ3v) is 3.41. The van der Waals surface area contributed by atoms with E-state index in [-0.39, 0.29) is 5.69 Å². The van der Waals surface area contributed by atoms with E-state index in [1.54, 1.807) is 0 Å². The summed E-state index contributed by atoms with van der Waals surface area (Å²) in [6.45, 7) is 7.08. The summed E-state index contributed by atoms with van der Waals surface area (Å²) in [5.74, 6) is -0.899. The summed E-state index contributed by atoms with van der Waals surface area (Å²) in [5.41, 5.74) is 0.789. The Morgan fingerprint density at radius 3 is 2.26 bits per heavy atom. The molecule has 106 valence electrons. The molecule has 0 heterocycles. The quantitative estimate of drug-likeness (QED) is 0.850. The maximum absolute atomic E-state index is 14.2. The minimum absolute atomic E-state index is 0.137. The van der Waals surface area contributed by atoms with E-state index in [0.29, 0.717) is 30.7 Å². The Hall–Kier alpha value is -1.16. The number of halogens is 2. The van der Waals surface area contributed by atoms with Crippen LogP contribution in [0.25, 0.3) is 0 Å². The van der Waals surface area contributed by atoms with Crippen LogP contribution in [-0.2, 0) is 6.54 Å². The fourth-order valence-electron chi connectivity index (χ4n) is 2.30. The van der Waals surface area contributed by atoms with Gasteiger partial charge in [0.05, 0.1) is 0 Å². The number of nitrogens with zero attached hydrogens (tertiary/aromatic N) is 1. The molecule has 1 aromatic rings. The van der Waals surface area contributed by atoms with Crippen molar-refractivity contribution in [3.63, 3.8) is 0 Å². The molecule has 2 nitrogen and oxygen atoms in total. The molecular formula is C15H22F2N2. The monoisotopic (exact) mass is 268 g/mol. The Morgan fingerprint density at radius 1 is 1.26 bits per heavy atom. The molecule has 1 aromatic carbocycles. The number of anilines is 1. The SMILES string of the molecule is CCN(c1c(F)cc(CNC(C)C)cc1F)C1CC1. The fraction of sp³-hybridized carbons (Fsp3) is 0.600. The molecule has 19 heavy (non-hydrogen) atoms. The molecule has 0 amide bonds. The molecule has 0 aromatic heterocycles. The summed E-state index contributed by atoms with van der Waals surface area (Å²) in [6.07, 6.45) is 2.06. The molecular weight excluding hydrogens is 246 g/mol. The van der Waals surface area contributed by atoms with Crippen LogP contribution in [0.2, 0.25) is 0 Å². The van der Waals surface area contributed by atoms with Crippen LogP contribution in [0.3, 0.4) is 0 Å². The van der Waals surface area contributed by atoms with Crippen molar-refractivity contribution in [3.8, 4) is 0 Å². The Kier molecular flexibility index (Phi) is 4.40. The topological polar surface area (TPSA) is 15.3 Å². The van der Waals surface area contributed by atoms with Crippen molar-refractivity contribution in [2.24, 2.45) is 0 Å². The van der Waals surface area contributed by atoms with Crippen LogP contribution in [0, 0.1) is 11.6 Å². The van der Waals surface area contributed by atoms with E-state index < -0.39 is 11.6 Å². The van der Waals surface area contributed by atoms with Crippen LogP contribution in [-0.4, -0.2) is 18.6 Å². The lowest BCUT2D eigenvalue weighted by atomic mass is 10.1. The van der Waals surface area contributed by atoms with Gasteiger partial charge >= 0.3 is 0 Å². The largest absolute Gasteiger partial charge is 0.364 e. The van der Waals surface area contributed by atoms with Gasteiger partial charge in [-0.1, -0.05) is 13.8 Å². The normalized spacial score (nSPS) is 15.1. The molecule has 4 heteroatoms. The molecule has 1 saturated carbocycles. The van der Waals surface area contributed by atoms with Gasteiger partial charge in [0.1, 0.15) is 17.3 Å². The van der Waals surface area contributed by atoms with Gasteiger partial charge in [0, 0.05) is 25.2 Å². The van der Waals surface area contributed by atoms with Gasteiger partial charge in [-0.15, -0.1) is 0 Å². The first-order valence-corrected chi connectivity index (χ1v) is 7.00. The fourth-order valence-corrected chi connectivity index (χ4v) is 2.30. The third kappa shape index (κ3) is 3.44. The molecule has 0 aliphatic heterocycles. The zero-order valence-corrected chi connectivity index (χ0v) is 11.8. The lowest BCUT2D eigenvalue weighted by molar-refractivity contribution is 0.554. The van der Waals surface area contributed by atoms with E-state index in [1.165, 1.54) is 12.1 Å². The zero-order chi connectivity index (χ0) is 14.0. The molecule has 1 N–H and O–H groups in total. The smallest absolute Gasteiger partial charge is 0.149 e. The van der Waals surface area contributed by atoms with Crippen LogP contribution in [0.1, 0.15) is 39.2 Å². The summed E-state index contributed by atoms with van der Waals surface area (Å²) >= 11 is 0. The Balaban J connectivity index is 2.21. The van der Waals surface area contributed by atoms with E-state index in [9.17, 15) is 8.78 Å². The highest BCUT2D eigenvalue weighted by atomic mass is 19.1. The summed E-state index contributed by atoms with van der Waals surface area (Å²) in [7, 11) is 0. The van der Waals surface area contributed by atoms with E-state index in [4.69, 9.17) is 0 Å². The van der Waals surface area contributed by atoms with Gasteiger partial charge in [-0.05, 0) is 37.5 Å². The van der Waals surface area contributed by atoms with Crippen LogP contribution in [0.15, 0.2) is 12.1 Å². The van der Waals surface area contributed by atoms with Crippen LogP contribution in [0.4, 0.5) is 14.5 Å². The minimum Gasteiger partial charge on any atom is -0.364 e. The van der Waals surface area contributed by atoms with Crippen molar-refractivity contribution < 1.29 is 8.78 Å². The van der Waals surface area contributed by atoms with E-state index >= 15 is 0 Å². The highest BCUT2D eigenvalue weighted by Crippen LogP contribution is 2.34.